The molecular formula is C13H22N4S2. The van der Waals surface area contributed by atoms with Crippen LogP contribution in [0.4, 0.5) is 0 Å². The Balaban J connectivity index is 2.41. The van der Waals surface area contributed by atoms with Crippen LogP contribution in [0.25, 0.3) is 11.2 Å². The molecular weight excluding hydrogens is 276 g/mol. The highest BCUT2D eigenvalue weighted by molar-refractivity contribution is 7.99. The third-order valence-electron chi connectivity index (χ3n) is 3.40. The van der Waals surface area contributed by atoms with Crippen molar-refractivity contribution < 1.29 is 0 Å². The van der Waals surface area contributed by atoms with Crippen LogP contribution >= 0.6 is 24.0 Å². The van der Waals surface area contributed by atoms with Crippen molar-refractivity contribution in [2.75, 3.05) is 11.5 Å². The Kier molecular flexibility index (Phi) is 4.73. The van der Waals surface area contributed by atoms with E-state index in [1.165, 1.54) is 11.5 Å². The average Bonchev–Trinajstić information content (AvgIpc) is 2.87. The smallest absolute Gasteiger partial charge is 0.179 e. The van der Waals surface area contributed by atoms with E-state index in [0.29, 0.717) is 6.04 Å². The number of aromatic nitrogens is 4. The van der Waals surface area contributed by atoms with Gasteiger partial charge < -0.3 is 4.98 Å². The number of hydrogen-bond donors (Lipinski definition) is 1. The molecule has 19 heavy (non-hydrogen) atoms. The fourth-order valence-corrected chi connectivity index (χ4v) is 3.55. The molecule has 6 heteroatoms. The number of nitrogens with zero attached hydrogens (tertiary/aromatic N) is 3. The van der Waals surface area contributed by atoms with Crippen LogP contribution in [-0.4, -0.2) is 30.8 Å². The number of nitrogens with one attached hydrogen (secondary N) is 1. The maximum Gasteiger partial charge on any atom is 0.179 e. The largest absolute Gasteiger partial charge is 0.328 e. The quantitative estimate of drug-likeness (QED) is 0.649. The fraction of sp³-hybridized carbons (Fsp3) is 0.692. The molecule has 0 aromatic carbocycles. The number of rotatable bonds is 6. The molecule has 1 unspecified atom stereocenters. The molecule has 2 rings (SSSR count). The molecule has 0 saturated heterocycles. The number of imidazole rings is 1. The van der Waals surface area contributed by atoms with Gasteiger partial charge in [0.05, 0.1) is 5.69 Å². The highest BCUT2D eigenvalue weighted by atomic mass is 32.2. The summed E-state index contributed by atoms with van der Waals surface area (Å²) in [4.78, 5) is 3.31. The van der Waals surface area contributed by atoms with Crippen molar-refractivity contribution in [2.24, 2.45) is 0 Å². The minimum Gasteiger partial charge on any atom is -0.328 e. The van der Waals surface area contributed by atoms with Crippen LogP contribution in [0.15, 0.2) is 0 Å². The second-order valence-corrected chi connectivity index (χ2v) is 6.52. The summed E-state index contributed by atoms with van der Waals surface area (Å²) in [6.45, 7) is 9.45. The molecule has 2 aromatic heterocycles. The lowest BCUT2D eigenvalue weighted by atomic mass is 10.2. The maximum absolute atomic E-state index is 5.49. The third-order valence-corrected chi connectivity index (χ3v) is 4.64. The molecule has 0 aliphatic carbocycles. The van der Waals surface area contributed by atoms with E-state index in [9.17, 15) is 0 Å². The number of thioether (sulfide) groups is 1. The van der Waals surface area contributed by atoms with Crippen LogP contribution in [0.5, 0.6) is 0 Å². The summed E-state index contributed by atoms with van der Waals surface area (Å²) in [6, 6.07) is 0.404. The van der Waals surface area contributed by atoms with Gasteiger partial charge in [0.25, 0.3) is 0 Å². The van der Waals surface area contributed by atoms with E-state index in [0.717, 1.165) is 34.6 Å². The number of H-pyrrole nitrogens is 1. The van der Waals surface area contributed by atoms with E-state index in [1.54, 1.807) is 0 Å². The molecule has 2 heterocycles. The Labute approximate surface area is 123 Å². The normalized spacial score (nSPS) is 13.3. The summed E-state index contributed by atoms with van der Waals surface area (Å²) < 4.78 is 5.08. The number of aryl methyl sites for hydroxylation is 2. The molecule has 4 nitrogen and oxygen atoms in total. The lowest BCUT2D eigenvalue weighted by molar-refractivity contribution is 0.522. The second-order valence-electron chi connectivity index (χ2n) is 4.73. The molecule has 1 atom stereocenters. The van der Waals surface area contributed by atoms with E-state index >= 15 is 0 Å². The molecule has 0 aliphatic rings. The van der Waals surface area contributed by atoms with Crippen molar-refractivity contribution >= 4 is 35.1 Å². The average molecular weight is 298 g/mol. The summed E-state index contributed by atoms with van der Waals surface area (Å²) in [6.07, 6.45) is 1.13. The summed E-state index contributed by atoms with van der Waals surface area (Å²) in [5.41, 5.74) is 3.25. The van der Waals surface area contributed by atoms with Gasteiger partial charge in [-0.15, -0.1) is 0 Å². The van der Waals surface area contributed by atoms with Gasteiger partial charge in [0.1, 0.15) is 5.52 Å². The highest BCUT2D eigenvalue weighted by Gasteiger charge is 2.17. The molecule has 0 bridgehead atoms. The third kappa shape index (κ3) is 2.74. The molecule has 106 valence electrons. The summed E-state index contributed by atoms with van der Waals surface area (Å²) in [5.74, 6) is 2.35. The van der Waals surface area contributed by atoms with E-state index in [2.05, 4.69) is 35.4 Å². The summed E-state index contributed by atoms with van der Waals surface area (Å²) in [7, 11) is 0. The predicted molar refractivity (Wildman–Crippen MR) is 85.6 cm³/mol. The molecule has 0 aliphatic heterocycles. The Morgan fingerprint density at radius 2 is 2.16 bits per heavy atom. The van der Waals surface area contributed by atoms with Crippen LogP contribution in [0.1, 0.15) is 38.9 Å². The molecule has 0 fully saturated rings. The van der Waals surface area contributed by atoms with E-state index in [4.69, 9.17) is 12.2 Å². The maximum atomic E-state index is 5.49. The molecule has 1 N–H and O–H groups in total. The minimum absolute atomic E-state index is 0.404. The van der Waals surface area contributed by atoms with E-state index in [-0.39, 0.29) is 0 Å². The van der Waals surface area contributed by atoms with Gasteiger partial charge in [-0.2, -0.15) is 16.9 Å². The zero-order chi connectivity index (χ0) is 14.0. The van der Waals surface area contributed by atoms with Gasteiger partial charge in [-0.1, -0.05) is 6.92 Å². The summed E-state index contributed by atoms with van der Waals surface area (Å²) >= 11 is 7.47. The van der Waals surface area contributed by atoms with Gasteiger partial charge in [-0.25, -0.2) is 4.68 Å². The van der Waals surface area contributed by atoms with Crippen molar-refractivity contribution in [1.29, 1.82) is 0 Å². The SMILES string of the molecule is CCSCCC(C)n1c(=S)[nH]c2c(C)nn(CC)c21. The first-order chi connectivity index (χ1) is 9.10. The first-order valence-corrected chi connectivity index (χ1v) is 8.41. The fourth-order valence-electron chi connectivity index (χ4n) is 2.38. The van der Waals surface area contributed by atoms with Gasteiger partial charge in [0.2, 0.25) is 0 Å². The van der Waals surface area contributed by atoms with Crippen LogP contribution in [0.2, 0.25) is 0 Å². The number of aromatic amines is 1. The van der Waals surface area contributed by atoms with Crippen molar-refractivity contribution in [3.63, 3.8) is 0 Å². The number of hydrogen-bond acceptors (Lipinski definition) is 3. The Morgan fingerprint density at radius 1 is 1.42 bits per heavy atom. The lowest BCUT2D eigenvalue weighted by Crippen LogP contribution is -2.10. The second kappa shape index (κ2) is 6.13. The molecule has 2 aromatic rings. The van der Waals surface area contributed by atoms with Crippen LogP contribution < -0.4 is 0 Å². The van der Waals surface area contributed by atoms with Gasteiger partial charge in [-0.05, 0) is 50.9 Å². The Hall–Kier alpha value is -0.750. The zero-order valence-electron chi connectivity index (χ0n) is 12.1. The van der Waals surface area contributed by atoms with Gasteiger partial charge in [0, 0.05) is 12.6 Å². The molecule has 0 saturated carbocycles. The molecule has 0 spiro atoms. The van der Waals surface area contributed by atoms with E-state index < -0.39 is 0 Å². The van der Waals surface area contributed by atoms with Crippen LogP contribution in [-0.2, 0) is 6.54 Å². The monoisotopic (exact) mass is 298 g/mol. The first-order valence-electron chi connectivity index (χ1n) is 6.85. The molecule has 0 radical (unpaired) electrons. The van der Waals surface area contributed by atoms with Crippen molar-refractivity contribution in [1.82, 2.24) is 19.3 Å². The Bertz CT molecular complexity index is 608. The van der Waals surface area contributed by atoms with Crippen molar-refractivity contribution in [3.05, 3.63) is 10.5 Å². The van der Waals surface area contributed by atoms with Gasteiger partial charge in [0.15, 0.2) is 10.4 Å². The first kappa shape index (κ1) is 14.7. The standard InChI is InChI=1S/C13H22N4S2/c1-5-16-12-11(10(4)15-16)14-13(18)17(12)9(3)7-8-19-6-2/h9H,5-8H2,1-4H3,(H,14,18). The van der Waals surface area contributed by atoms with Crippen LogP contribution in [0, 0.1) is 11.7 Å². The predicted octanol–water partition coefficient (Wildman–Crippen LogP) is 3.93. The van der Waals surface area contributed by atoms with E-state index in [1.807, 2.05) is 23.4 Å². The lowest BCUT2D eigenvalue weighted by Gasteiger charge is -2.14. The number of fused-ring (bicyclic) bond motifs is 1. The van der Waals surface area contributed by atoms with Crippen LogP contribution in [0.3, 0.4) is 0 Å². The van der Waals surface area contributed by atoms with Gasteiger partial charge in [-0.3, -0.25) is 4.57 Å². The molecule has 0 amide bonds. The van der Waals surface area contributed by atoms with Crippen molar-refractivity contribution in [2.45, 2.75) is 46.7 Å². The van der Waals surface area contributed by atoms with Gasteiger partial charge >= 0.3 is 0 Å². The topological polar surface area (TPSA) is 38.5 Å². The van der Waals surface area contributed by atoms with Crippen molar-refractivity contribution in [3.8, 4) is 0 Å². The minimum atomic E-state index is 0.404. The Morgan fingerprint density at radius 3 is 2.79 bits per heavy atom. The summed E-state index contributed by atoms with van der Waals surface area (Å²) in [5, 5.41) is 4.56. The zero-order valence-corrected chi connectivity index (χ0v) is 13.7. The highest BCUT2D eigenvalue weighted by Crippen LogP contribution is 2.24.